The number of nitro benzene ring substituents is 1. The fourth-order valence-corrected chi connectivity index (χ4v) is 3.84. The van der Waals surface area contributed by atoms with Gasteiger partial charge in [-0.05, 0) is 43.7 Å². The quantitative estimate of drug-likeness (QED) is 0.622. The van der Waals surface area contributed by atoms with Crippen LogP contribution in [0.4, 0.5) is 15.8 Å². The molecule has 0 spiro atoms. The van der Waals surface area contributed by atoms with Crippen molar-refractivity contribution in [3.8, 4) is 0 Å². The number of hydrogen-bond donors (Lipinski definition) is 0. The number of halogens is 1. The molecule has 1 aliphatic heterocycles. The van der Waals surface area contributed by atoms with E-state index in [0.717, 1.165) is 19.4 Å². The molecule has 1 unspecified atom stereocenters. The van der Waals surface area contributed by atoms with E-state index in [9.17, 15) is 14.5 Å². The number of nitro groups is 1. The first-order valence-electron chi connectivity index (χ1n) is 7.38. The van der Waals surface area contributed by atoms with Crippen LogP contribution in [0.3, 0.4) is 0 Å². The lowest BCUT2D eigenvalue weighted by atomic mass is 9.95. The zero-order valence-electron chi connectivity index (χ0n) is 11.4. The minimum Gasteiger partial charge on any atom is -0.363 e. The summed E-state index contributed by atoms with van der Waals surface area (Å²) in [6, 6.07) is 4.77. The molecule has 1 heterocycles. The van der Waals surface area contributed by atoms with Crippen molar-refractivity contribution in [3.63, 3.8) is 0 Å². The molecule has 1 atom stereocenters. The van der Waals surface area contributed by atoms with E-state index in [1.807, 2.05) is 0 Å². The Hall–Kier alpha value is -1.65. The molecule has 0 aromatic heterocycles. The lowest BCUT2D eigenvalue weighted by Crippen LogP contribution is -2.35. The molecule has 0 amide bonds. The van der Waals surface area contributed by atoms with Crippen LogP contribution < -0.4 is 4.90 Å². The maximum atomic E-state index is 13.8. The van der Waals surface area contributed by atoms with E-state index in [4.69, 9.17) is 0 Å². The summed E-state index contributed by atoms with van der Waals surface area (Å²) in [6.07, 6.45) is 7.00. The molecule has 0 bridgehead atoms. The Morgan fingerprint density at radius 3 is 2.65 bits per heavy atom. The molecule has 1 saturated carbocycles. The summed E-state index contributed by atoms with van der Waals surface area (Å²) < 4.78 is 13.8. The van der Waals surface area contributed by atoms with E-state index in [-0.39, 0.29) is 5.69 Å². The Bertz CT molecular complexity index is 515. The van der Waals surface area contributed by atoms with Gasteiger partial charge in [-0.25, -0.2) is 0 Å². The van der Waals surface area contributed by atoms with Crippen LogP contribution in [0.1, 0.15) is 38.5 Å². The first kappa shape index (κ1) is 13.3. The Morgan fingerprint density at radius 1 is 1.20 bits per heavy atom. The molecule has 108 valence electrons. The van der Waals surface area contributed by atoms with Crippen molar-refractivity contribution in [1.29, 1.82) is 0 Å². The van der Waals surface area contributed by atoms with Crippen LogP contribution in [-0.4, -0.2) is 17.5 Å². The Balaban J connectivity index is 1.95. The highest BCUT2D eigenvalue weighted by molar-refractivity contribution is 5.65. The second-order valence-corrected chi connectivity index (χ2v) is 5.81. The summed E-state index contributed by atoms with van der Waals surface area (Å²) in [4.78, 5) is 12.7. The molecule has 2 aliphatic rings. The zero-order valence-corrected chi connectivity index (χ0v) is 11.4. The summed E-state index contributed by atoms with van der Waals surface area (Å²) in [5.41, 5.74) is 0.0989. The number of rotatable bonds is 3. The van der Waals surface area contributed by atoms with Gasteiger partial charge in [0.25, 0.3) is 0 Å². The number of para-hydroxylation sites is 1. The van der Waals surface area contributed by atoms with Gasteiger partial charge < -0.3 is 4.90 Å². The van der Waals surface area contributed by atoms with E-state index in [1.54, 1.807) is 12.1 Å². The molecule has 3 rings (SSSR count). The van der Waals surface area contributed by atoms with Gasteiger partial charge in [0, 0.05) is 12.6 Å². The topological polar surface area (TPSA) is 46.4 Å². The SMILES string of the molecule is O=[N+]([O-])c1c(F)cccc1N1CCCC1C1CCCC1. The highest BCUT2D eigenvalue weighted by atomic mass is 19.1. The Morgan fingerprint density at radius 2 is 1.95 bits per heavy atom. The normalized spacial score (nSPS) is 23.4. The van der Waals surface area contributed by atoms with Gasteiger partial charge in [0.1, 0.15) is 5.69 Å². The van der Waals surface area contributed by atoms with Gasteiger partial charge in [-0.15, -0.1) is 0 Å². The van der Waals surface area contributed by atoms with Gasteiger partial charge >= 0.3 is 5.69 Å². The van der Waals surface area contributed by atoms with Crippen molar-refractivity contribution in [3.05, 3.63) is 34.1 Å². The first-order chi connectivity index (χ1) is 9.68. The number of hydrogen-bond acceptors (Lipinski definition) is 3. The van der Waals surface area contributed by atoms with Crippen LogP contribution in [0.2, 0.25) is 0 Å². The highest BCUT2D eigenvalue weighted by Crippen LogP contribution is 2.41. The monoisotopic (exact) mass is 278 g/mol. The average Bonchev–Trinajstić information content (AvgIpc) is 3.08. The van der Waals surface area contributed by atoms with Gasteiger partial charge in [-0.3, -0.25) is 10.1 Å². The molecule has 1 aromatic carbocycles. The van der Waals surface area contributed by atoms with Crippen LogP contribution >= 0.6 is 0 Å². The van der Waals surface area contributed by atoms with Crippen molar-refractivity contribution >= 4 is 11.4 Å². The lowest BCUT2D eigenvalue weighted by Gasteiger charge is -2.31. The van der Waals surface area contributed by atoms with Crippen LogP contribution in [0.25, 0.3) is 0 Å². The van der Waals surface area contributed by atoms with Crippen LogP contribution in [-0.2, 0) is 0 Å². The molecule has 1 aromatic rings. The lowest BCUT2D eigenvalue weighted by molar-refractivity contribution is -0.386. The maximum absolute atomic E-state index is 13.8. The summed E-state index contributed by atoms with van der Waals surface area (Å²) in [6.45, 7) is 0.797. The Labute approximate surface area is 117 Å². The van der Waals surface area contributed by atoms with Gasteiger partial charge in [-0.1, -0.05) is 18.9 Å². The van der Waals surface area contributed by atoms with Crippen molar-refractivity contribution in [2.24, 2.45) is 5.92 Å². The predicted octanol–water partition coefficient (Wildman–Crippen LogP) is 3.89. The van der Waals surface area contributed by atoms with Gasteiger partial charge in [0.15, 0.2) is 0 Å². The third kappa shape index (κ3) is 2.25. The largest absolute Gasteiger partial charge is 0.363 e. The van der Waals surface area contributed by atoms with E-state index in [1.165, 1.54) is 31.7 Å². The molecule has 0 N–H and O–H groups in total. The van der Waals surface area contributed by atoms with Crippen LogP contribution in [0.15, 0.2) is 18.2 Å². The van der Waals surface area contributed by atoms with Crippen molar-refractivity contribution < 1.29 is 9.31 Å². The molecule has 1 saturated heterocycles. The van der Waals surface area contributed by atoms with Gasteiger partial charge in [0.05, 0.1) is 4.92 Å². The van der Waals surface area contributed by atoms with Crippen LogP contribution in [0.5, 0.6) is 0 Å². The number of nitrogens with zero attached hydrogens (tertiary/aromatic N) is 2. The van der Waals surface area contributed by atoms with Gasteiger partial charge in [-0.2, -0.15) is 4.39 Å². The number of benzene rings is 1. The summed E-state index contributed by atoms with van der Waals surface area (Å²) in [7, 11) is 0. The van der Waals surface area contributed by atoms with E-state index in [0.29, 0.717) is 17.6 Å². The molecule has 5 heteroatoms. The minimum absolute atomic E-state index is 0.345. The van der Waals surface area contributed by atoms with E-state index in [2.05, 4.69) is 4.90 Å². The second kappa shape index (κ2) is 5.38. The van der Waals surface area contributed by atoms with Crippen molar-refractivity contribution in [2.45, 2.75) is 44.6 Å². The third-order valence-corrected chi connectivity index (χ3v) is 4.70. The molecular weight excluding hydrogens is 259 g/mol. The smallest absolute Gasteiger partial charge is 0.327 e. The molecule has 1 aliphatic carbocycles. The average molecular weight is 278 g/mol. The predicted molar refractivity (Wildman–Crippen MR) is 75.4 cm³/mol. The minimum atomic E-state index is -0.732. The molecule has 2 fully saturated rings. The molecule has 0 radical (unpaired) electrons. The molecular formula is C15H19FN2O2. The summed E-state index contributed by atoms with van der Waals surface area (Å²) in [5.74, 6) is -0.120. The fraction of sp³-hybridized carbons (Fsp3) is 0.600. The van der Waals surface area contributed by atoms with E-state index >= 15 is 0 Å². The fourth-order valence-electron chi connectivity index (χ4n) is 3.84. The maximum Gasteiger partial charge on any atom is 0.327 e. The standard InChI is InChI=1S/C15H19FN2O2/c16-12-7-3-8-14(15(12)18(19)20)17-10-4-9-13(17)11-5-1-2-6-11/h3,7-8,11,13H,1-2,4-6,9-10H2. The Kier molecular flexibility index (Phi) is 3.59. The number of anilines is 1. The van der Waals surface area contributed by atoms with Crippen molar-refractivity contribution in [2.75, 3.05) is 11.4 Å². The first-order valence-corrected chi connectivity index (χ1v) is 7.38. The van der Waals surface area contributed by atoms with Crippen LogP contribution in [0, 0.1) is 21.8 Å². The van der Waals surface area contributed by atoms with Crippen molar-refractivity contribution in [1.82, 2.24) is 0 Å². The summed E-state index contributed by atoms with van der Waals surface area (Å²) >= 11 is 0. The molecule has 4 nitrogen and oxygen atoms in total. The zero-order chi connectivity index (χ0) is 14.1. The van der Waals surface area contributed by atoms with Gasteiger partial charge in [0.2, 0.25) is 5.82 Å². The highest BCUT2D eigenvalue weighted by Gasteiger charge is 2.36. The molecule has 20 heavy (non-hydrogen) atoms. The third-order valence-electron chi connectivity index (χ3n) is 4.70. The summed E-state index contributed by atoms with van der Waals surface area (Å²) in [5, 5.41) is 11.2. The van der Waals surface area contributed by atoms with E-state index < -0.39 is 10.7 Å². The second-order valence-electron chi connectivity index (χ2n) is 5.81.